The number of hydrogen-bond donors (Lipinski definition) is 2. The Labute approximate surface area is 92.1 Å². The molecule has 0 aromatic carbocycles. The average Bonchev–Trinajstić information content (AvgIpc) is 2.62. The highest BCUT2D eigenvalue weighted by molar-refractivity contribution is 8.70. The van der Waals surface area contributed by atoms with E-state index in [9.17, 15) is 4.79 Å². The smallest absolute Gasteiger partial charge is 0.247 e. The maximum atomic E-state index is 11.6. The first kappa shape index (κ1) is 11.1. The first-order valence-electron chi connectivity index (χ1n) is 3.89. The van der Waals surface area contributed by atoms with E-state index in [1.54, 1.807) is 4.90 Å². The third-order valence-electron chi connectivity index (χ3n) is 2.00. The minimum absolute atomic E-state index is 0.104. The molecule has 1 heterocycles. The van der Waals surface area contributed by atoms with E-state index in [2.05, 4.69) is 30.4 Å². The van der Waals surface area contributed by atoms with Crippen LogP contribution in [0.2, 0.25) is 0 Å². The van der Waals surface area contributed by atoms with Crippen molar-refractivity contribution in [2.24, 2.45) is 0 Å². The summed E-state index contributed by atoms with van der Waals surface area (Å²) >= 11 is 7.98. The Kier molecular flexibility index (Phi) is 4.29. The molecule has 1 aliphatic heterocycles. The molecule has 3 nitrogen and oxygen atoms in total. The predicted octanol–water partition coefficient (Wildman–Crippen LogP) is 1.33. The lowest BCUT2D eigenvalue weighted by molar-refractivity contribution is -0.128. The zero-order chi connectivity index (χ0) is 9.84. The van der Waals surface area contributed by atoms with E-state index in [-0.39, 0.29) is 11.9 Å². The molecule has 6 heteroatoms. The van der Waals surface area contributed by atoms with Gasteiger partial charge in [-0.15, -0.1) is 11.7 Å². The monoisotopic (exact) mass is 234 g/mol. The van der Waals surface area contributed by atoms with Gasteiger partial charge in [-0.05, 0) is 12.8 Å². The Morgan fingerprint density at radius 2 is 2.46 bits per heavy atom. The summed E-state index contributed by atoms with van der Waals surface area (Å²) in [5.74, 6) is -0.104. The molecule has 1 aliphatic rings. The third-order valence-corrected chi connectivity index (χ3v) is 4.07. The van der Waals surface area contributed by atoms with Crippen molar-refractivity contribution in [1.82, 2.24) is 4.90 Å². The molecule has 1 amide bonds. The predicted molar refractivity (Wildman–Crippen MR) is 59.7 cm³/mol. The van der Waals surface area contributed by atoms with Crippen molar-refractivity contribution < 1.29 is 4.79 Å². The molecule has 0 aromatic heterocycles. The standard InChI is InChI=1S/C7H10N2OS3/c8-4-5-2-1-3-9(5)6(10)7(11)13-12/h5,7,11-12H,1-3H2. The van der Waals surface area contributed by atoms with Crippen molar-refractivity contribution in [3.8, 4) is 6.07 Å². The number of likely N-dealkylation sites (tertiary alicyclic amines) is 1. The van der Waals surface area contributed by atoms with Crippen molar-refractivity contribution in [2.45, 2.75) is 23.5 Å². The molecule has 0 N–H and O–H groups in total. The van der Waals surface area contributed by atoms with Crippen LogP contribution in [0.1, 0.15) is 12.8 Å². The normalized spacial score (nSPS) is 24.1. The van der Waals surface area contributed by atoms with Crippen LogP contribution in [0.4, 0.5) is 0 Å². The minimum atomic E-state index is -0.461. The highest BCUT2D eigenvalue weighted by Crippen LogP contribution is 2.25. The third kappa shape index (κ3) is 2.48. The molecule has 13 heavy (non-hydrogen) atoms. The second-order valence-corrected chi connectivity index (χ2v) is 4.96. The van der Waals surface area contributed by atoms with E-state index in [0.717, 1.165) is 23.6 Å². The fourth-order valence-electron chi connectivity index (χ4n) is 1.35. The highest BCUT2D eigenvalue weighted by Gasteiger charge is 2.31. The zero-order valence-corrected chi connectivity index (χ0v) is 9.49. The molecule has 0 bridgehead atoms. The molecule has 72 valence electrons. The first-order valence-corrected chi connectivity index (χ1v) is 6.34. The molecule has 0 spiro atoms. The van der Waals surface area contributed by atoms with Gasteiger partial charge < -0.3 is 4.90 Å². The maximum Gasteiger partial charge on any atom is 0.247 e. The number of nitriles is 1. The maximum absolute atomic E-state index is 11.6. The Morgan fingerprint density at radius 3 is 3.00 bits per heavy atom. The van der Waals surface area contributed by atoms with Crippen LogP contribution in [0.5, 0.6) is 0 Å². The van der Waals surface area contributed by atoms with E-state index in [1.807, 2.05) is 0 Å². The largest absolute Gasteiger partial charge is 0.325 e. The van der Waals surface area contributed by atoms with Gasteiger partial charge >= 0.3 is 0 Å². The van der Waals surface area contributed by atoms with Crippen molar-refractivity contribution >= 4 is 41.0 Å². The fourth-order valence-corrected chi connectivity index (χ4v) is 2.00. The molecular weight excluding hydrogens is 224 g/mol. The summed E-state index contributed by atoms with van der Waals surface area (Å²) in [6, 6.07) is 1.85. The van der Waals surface area contributed by atoms with Crippen molar-refractivity contribution in [1.29, 1.82) is 5.26 Å². The summed E-state index contributed by atoms with van der Waals surface area (Å²) in [7, 11) is 1.09. The van der Waals surface area contributed by atoms with Gasteiger partial charge in [0.25, 0.3) is 0 Å². The fraction of sp³-hybridized carbons (Fsp3) is 0.714. The summed E-state index contributed by atoms with van der Waals surface area (Å²) in [6.07, 6.45) is 1.68. The van der Waals surface area contributed by atoms with E-state index in [4.69, 9.17) is 5.26 Å². The molecule has 0 radical (unpaired) electrons. The van der Waals surface area contributed by atoms with E-state index in [0.29, 0.717) is 6.54 Å². The Morgan fingerprint density at radius 1 is 1.77 bits per heavy atom. The molecular formula is C7H10N2OS3. The number of thiol groups is 2. The van der Waals surface area contributed by atoms with Gasteiger partial charge in [0, 0.05) is 6.54 Å². The summed E-state index contributed by atoms with van der Waals surface area (Å²) in [5, 5.41) is 8.75. The van der Waals surface area contributed by atoms with Crippen molar-refractivity contribution in [2.75, 3.05) is 6.54 Å². The van der Waals surface area contributed by atoms with E-state index >= 15 is 0 Å². The van der Waals surface area contributed by atoms with Gasteiger partial charge in [-0.25, -0.2) is 0 Å². The molecule has 0 saturated carbocycles. The Balaban J connectivity index is 2.61. The van der Waals surface area contributed by atoms with Gasteiger partial charge in [0.1, 0.15) is 10.6 Å². The first-order chi connectivity index (χ1) is 6.20. The molecule has 0 aromatic rings. The lowest BCUT2D eigenvalue weighted by atomic mass is 10.2. The number of carbonyl (C=O) groups excluding carboxylic acids is 1. The van der Waals surface area contributed by atoms with Crippen LogP contribution < -0.4 is 0 Å². The number of hydrogen-bond acceptors (Lipinski definition) is 5. The quantitative estimate of drug-likeness (QED) is 0.430. The van der Waals surface area contributed by atoms with Crippen LogP contribution in [0.15, 0.2) is 0 Å². The van der Waals surface area contributed by atoms with Crippen LogP contribution in [-0.2, 0) is 4.79 Å². The van der Waals surface area contributed by atoms with Gasteiger partial charge in [0.2, 0.25) is 5.91 Å². The molecule has 1 saturated heterocycles. The Hall–Kier alpha value is 0.01000. The summed E-state index contributed by atoms with van der Waals surface area (Å²) in [4.78, 5) is 13.2. The summed E-state index contributed by atoms with van der Waals surface area (Å²) < 4.78 is -0.461. The van der Waals surface area contributed by atoms with E-state index in [1.165, 1.54) is 0 Å². The highest BCUT2D eigenvalue weighted by atomic mass is 33.1. The zero-order valence-electron chi connectivity index (χ0n) is 6.88. The lowest BCUT2D eigenvalue weighted by Gasteiger charge is -2.21. The minimum Gasteiger partial charge on any atom is -0.325 e. The lowest BCUT2D eigenvalue weighted by Crippen LogP contribution is -2.38. The molecule has 1 fully saturated rings. The molecule has 0 aliphatic carbocycles. The molecule has 2 unspecified atom stereocenters. The average molecular weight is 234 g/mol. The van der Waals surface area contributed by atoms with Crippen LogP contribution in [0.3, 0.4) is 0 Å². The van der Waals surface area contributed by atoms with Crippen LogP contribution >= 0.6 is 35.1 Å². The Bertz CT molecular complexity index is 240. The van der Waals surface area contributed by atoms with Crippen LogP contribution in [0, 0.1) is 11.3 Å². The van der Waals surface area contributed by atoms with Gasteiger partial charge in [-0.2, -0.15) is 17.9 Å². The van der Waals surface area contributed by atoms with Gasteiger partial charge in [-0.3, -0.25) is 4.79 Å². The van der Waals surface area contributed by atoms with E-state index < -0.39 is 4.58 Å². The van der Waals surface area contributed by atoms with Crippen LogP contribution in [-0.4, -0.2) is 28.0 Å². The topological polar surface area (TPSA) is 44.1 Å². The van der Waals surface area contributed by atoms with Crippen molar-refractivity contribution in [3.63, 3.8) is 0 Å². The second kappa shape index (κ2) is 5.03. The van der Waals surface area contributed by atoms with Gasteiger partial charge in [0.05, 0.1) is 6.07 Å². The number of nitrogens with zero attached hydrogens (tertiary/aromatic N) is 2. The van der Waals surface area contributed by atoms with Gasteiger partial charge in [-0.1, -0.05) is 10.8 Å². The number of amides is 1. The molecule has 2 atom stereocenters. The summed E-state index contributed by atoms with van der Waals surface area (Å²) in [6.45, 7) is 0.669. The van der Waals surface area contributed by atoms with Crippen molar-refractivity contribution in [3.05, 3.63) is 0 Å². The second-order valence-electron chi connectivity index (χ2n) is 2.78. The number of carbonyl (C=O) groups is 1. The SMILES string of the molecule is N#CC1CCCN1C(=O)C(S)SS. The molecule has 1 rings (SSSR count). The van der Waals surface area contributed by atoms with Gasteiger partial charge in [0.15, 0.2) is 0 Å². The number of rotatable bonds is 2. The van der Waals surface area contributed by atoms with Crippen LogP contribution in [0.25, 0.3) is 0 Å². The summed E-state index contributed by atoms with van der Waals surface area (Å²) in [5.41, 5.74) is 0.